The number of hydrogen-bond acceptors (Lipinski definition) is 6. The number of fused-ring (bicyclic) bond motifs is 2. The maximum absolute atomic E-state index is 14.6. The molecule has 11 atom stereocenters. The van der Waals surface area contributed by atoms with Gasteiger partial charge >= 0.3 is 0 Å². The summed E-state index contributed by atoms with van der Waals surface area (Å²) in [6, 6.07) is -0.0613. The molecule has 0 aliphatic heterocycles. The lowest BCUT2D eigenvalue weighted by atomic mass is 9.41. The van der Waals surface area contributed by atoms with E-state index >= 15 is 0 Å². The molecule has 5 aliphatic rings. The van der Waals surface area contributed by atoms with Crippen molar-refractivity contribution in [1.82, 2.24) is 10.2 Å². The van der Waals surface area contributed by atoms with E-state index in [1.165, 1.54) is 6.26 Å². The highest BCUT2D eigenvalue weighted by Crippen LogP contribution is 2.88. The van der Waals surface area contributed by atoms with Crippen LogP contribution in [0.1, 0.15) is 86.5 Å². The molecule has 1 amide bonds. The first-order valence-corrected chi connectivity index (χ1v) is 17.1. The van der Waals surface area contributed by atoms with Gasteiger partial charge in [-0.2, -0.15) is 0 Å². The smallest absolute Gasteiger partial charge is 0.222 e. The van der Waals surface area contributed by atoms with Crippen molar-refractivity contribution in [2.75, 3.05) is 27.0 Å². The summed E-state index contributed by atoms with van der Waals surface area (Å²) in [7, 11) is 0.722. The minimum Gasteiger partial charge on any atom is -0.396 e. The Bertz CT molecular complexity index is 1170. The van der Waals surface area contributed by atoms with Crippen LogP contribution < -0.4 is 5.32 Å². The van der Waals surface area contributed by atoms with Gasteiger partial charge in [-0.3, -0.25) is 9.59 Å². The fourth-order valence-corrected chi connectivity index (χ4v) is 13.1. The molecule has 8 heteroatoms. The highest BCUT2D eigenvalue weighted by molar-refractivity contribution is 7.91. The van der Waals surface area contributed by atoms with Gasteiger partial charge in [0.05, 0.1) is 11.9 Å². The first-order valence-electron chi connectivity index (χ1n) is 15.2. The molecule has 39 heavy (non-hydrogen) atoms. The third-order valence-electron chi connectivity index (χ3n) is 13.8. The zero-order chi connectivity index (χ0) is 29.1. The number of sulfone groups is 1. The van der Waals surface area contributed by atoms with Crippen LogP contribution in [0.15, 0.2) is 0 Å². The largest absolute Gasteiger partial charge is 0.396 e. The second kappa shape index (κ2) is 8.76. The van der Waals surface area contributed by atoms with E-state index in [9.17, 15) is 23.1 Å². The lowest BCUT2D eigenvalue weighted by Crippen LogP contribution is -2.64. The highest BCUT2D eigenvalue weighted by Gasteiger charge is 2.86. The van der Waals surface area contributed by atoms with Crippen LogP contribution in [-0.2, 0) is 19.4 Å². The van der Waals surface area contributed by atoms with Crippen molar-refractivity contribution in [2.24, 2.45) is 50.7 Å². The summed E-state index contributed by atoms with van der Waals surface area (Å²) >= 11 is 0. The molecule has 2 N–H and O–H groups in total. The van der Waals surface area contributed by atoms with Crippen LogP contribution in [0.5, 0.6) is 0 Å². The number of aliphatic hydroxyl groups excluding tert-OH is 1. The maximum atomic E-state index is 14.6. The second-order valence-corrected chi connectivity index (χ2v) is 17.9. The van der Waals surface area contributed by atoms with Gasteiger partial charge in [0, 0.05) is 41.5 Å². The molecule has 5 fully saturated rings. The number of hydrogen-bond donors (Lipinski definition) is 2. The summed E-state index contributed by atoms with van der Waals surface area (Å²) in [6.07, 6.45) is 6.76. The number of aliphatic hydroxyl groups is 1. The second-order valence-electron chi connectivity index (χ2n) is 15.6. The van der Waals surface area contributed by atoms with Crippen LogP contribution in [-0.4, -0.2) is 74.4 Å². The molecule has 5 aliphatic carbocycles. The number of carbonyl (C=O) groups excluding carboxylic acids is 2. The quantitative estimate of drug-likeness (QED) is 0.510. The minimum absolute atomic E-state index is 0.00897. The monoisotopic (exact) mass is 564 g/mol. The molecule has 0 unspecified atom stereocenters. The number of nitrogens with one attached hydrogen (secondary N) is 1. The molecule has 0 radical (unpaired) electrons. The summed E-state index contributed by atoms with van der Waals surface area (Å²) in [4.78, 5) is 29.4. The SMILES string of the molecule is CC(C)C(=O)N[C@H]1CC[C@]23C[C@]24C(=O)C[C@]2(C)[C@@H]([C@H](C)N(C)C)[C@H](S(C)(=O)=O)C[C@@]2(C)[C@@H]4CC[C@H]3[C@]1(C)CO. The number of nitrogens with zero attached hydrogens (tertiary/aromatic N) is 1. The fourth-order valence-electron chi connectivity index (χ4n) is 11.4. The van der Waals surface area contributed by atoms with E-state index < -0.39 is 31.3 Å². The van der Waals surface area contributed by atoms with E-state index in [4.69, 9.17) is 0 Å². The minimum atomic E-state index is -3.31. The van der Waals surface area contributed by atoms with Crippen LogP contribution in [0.4, 0.5) is 0 Å². The van der Waals surface area contributed by atoms with Gasteiger partial charge in [0.1, 0.15) is 5.78 Å². The van der Waals surface area contributed by atoms with Crippen LogP contribution in [0.2, 0.25) is 0 Å². The lowest BCUT2D eigenvalue weighted by Gasteiger charge is -2.63. The molecule has 0 aromatic rings. The van der Waals surface area contributed by atoms with Crippen LogP contribution in [0, 0.1) is 50.7 Å². The van der Waals surface area contributed by atoms with Crippen molar-refractivity contribution in [3.8, 4) is 0 Å². The van der Waals surface area contributed by atoms with Gasteiger partial charge in [-0.1, -0.05) is 34.6 Å². The molecule has 0 saturated heterocycles. The Balaban J connectivity index is 1.56. The fraction of sp³-hybridized carbons (Fsp3) is 0.935. The third kappa shape index (κ3) is 3.55. The van der Waals surface area contributed by atoms with Crippen molar-refractivity contribution >= 4 is 21.5 Å². The normalized spacial score (nSPS) is 49.6. The van der Waals surface area contributed by atoms with Gasteiger partial charge in [-0.05, 0) is 93.5 Å². The summed E-state index contributed by atoms with van der Waals surface area (Å²) < 4.78 is 26.6. The first kappa shape index (κ1) is 29.5. The third-order valence-corrected chi connectivity index (χ3v) is 15.3. The molecule has 2 spiro atoms. The number of carbonyl (C=O) groups is 2. The van der Waals surface area contributed by atoms with E-state index in [0.717, 1.165) is 32.1 Å². The topological polar surface area (TPSA) is 104 Å². The molecule has 0 heterocycles. The Kier molecular flexibility index (Phi) is 6.63. The van der Waals surface area contributed by atoms with Gasteiger partial charge < -0.3 is 15.3 Å². The van der Waals surface area contributed by atoms with Gasteiger partial charge in [-0.25, -0.2) is 8.42 Å². The predicted molar refractivity (Wildman–Crippen MR) is 153 cm³/mol. The van der Waals surface area contributed by atoms with Crippen molar-refractivity contribution in [1.29, 1.82) is 0 Å². The lowest BCUT2D eigenvalue weighted by molar-refractivity contribution is -0.173. The van der Waals surface area contributed by atoms with Gasteiger partial charge in [0.15, 0.2) is 9.84 Å². The Morgan fingerprint density at radius 3 is 2.23 bits per heavy atom. The van der Waals surface area contributed by atoms with E-state index in [2.05, 4.69) is 37.9 Å². The Labute approximate surface area is 236 Å². The van der Waals surface area contributed by atoms with Gasteiger partial charge in [0.2, 0.25) is 5.91 Å². The molecule has 0 bridgehead atoms. The summed E-state index contributed by atoms with van der Waals surface area (Å²) in [5.41, 5.74) is -1.70. The van der Waals surface area contributed by atoms with E-state index in [1.807, 2.05) is 27.9 Å². The van der Waals surface area contributed by atoms with Crippen molar-refractivity contribution < 1.29 is 23.1 Å². The number of rotatable bonds is 6. The molecular formula is C31H52N2O5S. The van der Waals surface area contributed by atoms with Gasteiger partial charge in [-0.15, -0.1) is 0 Å². The molecule has 7 nitrogen and oxygen atoms in total. The standard InChI is InChI=1S/C31H52N2O5S/c1-18(2)26(36)32-23-12-13-30-16-31(30)22(11-10-21(30)27(23,4)17-34)28(5)14-20(39(9,37)38)25(19(3)33(7)8)29(28,6)15-24(31)35/h18-23,25,34H,10-17H2,1-9H3,(H,32,36)/t19-,20+,21-,22-,23-,25-,27-,28-,29+,30+,31-/m0/s1. The van der Waals surface area contributed by atoms with Crippen LogP contribution in [0.3, 0.4) is 0 Å². The number of amides is 1. The predicted octanol–water partition coefficient (Wildman–Crippen LogP) is 3.69. The number of Topliss-reactive ketones (excluding diaryl/α,β-unsaturated/α-hetero) is 1. The highest BCUT2D eigenvalue weighted by atomic mass is 32.2. The average Bonchev–Trinajstić information content (AvgIpc) is 3.46. The van der Waals surface area contributed by atoms with Crippen molar-refractivity contribution in [3.63, 3.8) is 0 Å². The van der Waals surface area contributed by atoms with Crippen molar-refractivity contribution in [3.05, 3.63) is 0 Å². The molecule has 5 rings (SSSR count). The summed E-state index contributed by atoms with van der Waals surface area (Å²) in [5, 5.41) is 13.6. The molecule has 0 aromatic heterocycles. The Morgan fingerprint density at radius 2 is 1.69 bits per heavy atom. The molecular weight excluding hydrogens is 512 g/mol. The van der Waals surface area contributed by atoms with Crippen LogP contribution in [0.25, 0.3) is 0 Å². The van der Waals surface area contributed by atoms with E-state index in [-0.39, 0.29) is 59.1 Å². The van der Waals surface area contributed by atoms with Crippen LogP contribution >= 0.6 is 0 Å². The first-order chi connectivity index (χ1) is 17.9. The zero-order valence-electron chi connectivity index (χ0n) is 25.6. The van der Waals surface area contributed by atoms with Gasteiger partial charge in [0.25, 0.3) is 0 Å². The van der Waals surface area contributed by atoms with E-state index in [0.29, 0.717) is 18.6 Å². The summed E-state index contributed by atoms with van der Waals surface area (Å²) in [6.45, 7) is 12.6. The molecule has 0 aromatic carbocycles. The Morgan fingerprint density at radius 1 is 1.08 bits per heavy atom. The molecule has 5 saturated carbocycles. The maximum Gasteiger partial charge on any atom is 0.222 e. The van der Waals surface area contributed by atoms with Crippen molar-refractivity contribution in [2.45, 2.75) is 104 Å². The zero-order valence-corrected chi connectivity index (χ0v) is 26.5. The average molecular weight is 565 g/mol. The van der Waals surface area contributed by atoms with E-state index in [1.54, 1.807) is 0 Å². The number of ketones is 1. The molecule has 222 valence electrons. The summed E-state index contributed by atoms with van der Waals surface area (Å²) in [5.74, 6) is 0.453. The Hall–Kier alpha value is -0.990.